The predicted octanol–water partition coefficient (Wildman–Crippen LogP) is 4.22. The van der Waals surface area contributed by atoms with Gasteiger partial charge >= 0.3 is 21.1 Å². The number of hydrogen-bond donors (Lipinski definition) is 0. The molecule has 9 heteroatoms. The van der Waals surface area contributed by atoms with Gasteiger partial charge in [0.25, 0.3) is 0 Å². The van der Waals surface area contributed by atoms with Crippen molar-refractivity contribution in [2.24, 2.45) is 0 Å². The molecule has 4 aromatic rings. The van der Waals surface area contributed by atoms with Crippen molar-refractivity contribution in [3.05, 3.63) is 59.4 Å². The average Bonchev–Trinajstić information content (AvgIpc) is 3.47. The molecule has 0 spiro atoms. The maximum absolute atomic E-state index is 4.36. The van der Waals surface area contributed by atoms with E-state index in [0.717, 1.165) is 35.6 Å². The Hall–Kier alpha value is -2.73. The molecule has 0 saturated carbocycles. The van der Waals surface area contributed by atoms with Crippen LogP contribution in [-0.2, 0) is 44.7 Å². The third-order valence-electron chi connectivity index (χ3n) is 6.94. The molecule has 2 aliphatic carbocycles. The Morgan fingerprint density at radius 1 is 0.629 bits per heavy atom. The second kappa shape index (κ2) is 10.1. The van der Waals surface area contributed by atoms with Gasteiger partial charge in [0.1, 0.15) is 11.6 Å². The second-order valence-electron chi connectivity index (χ2n) is 10.4. The van der Waals surface area contributed by atoms with Gasteiger partial charge < -0.3 is 20.4 Å². The van der Waals surface area contributed by atoms with Crippen LogP contribution in [0, 0.1) is 0 Å². The first kappa shape index (κ1) is 25.4. The molecule has 0 amide bonds. The summed E-state index contributed by atoms with van der Waals surface area (Å²) in [4.78, 5) is 17.1. The van der Waals surface area contributed by atoms with E-state index < -0.39 is 0 Å². The number of rotatable bonds is 2. The van der Waals surface area contributed by atoms with Crippen molar-refractivity contribution in [3.8, 4) is 23.0 Å². The van der Waals surface area contributed by atoms with Gasteiger partial charge in [0.2, 0.25) is 0 Å². The first-order valence-electron chi connectivity index (χ1n) is 12.0. The zero-order chi connectivity index (χ0) is 23.8. The number of nitrogens with zero attached hydrogens (tertiary/aromatic N) is 8. The van der Waals surface area contributed by atoms with Gasteiger partial charge in [-0.2, -0.15) is 0 Å². The van der Waals surface area contributed by atoms with E-state index in [4.69, 9.17) is 0 Å². The van der Waals surface area contributed by atoms with Crippen molar-refractivity contribution in [1.29, 1.82) is 0 Å². The molecule has 0 atom stereocenters. The monoisotopic (exact) mass is 649 g/mol. The minimum atomic E-state index is 0. The third kappa shape index (κ3) is 4.99. The number of fused-ring (bicyclic) bond motifs is 2. The van der Waals surface area contributed by atoms with Gasteiger partial charge in [0.05, 0.1) is 0 Å². The van der Waals surface area contributed by atoms with Crippen molar-refractivity contribution in [1.82, 2.24) is 40.3 Å². The summed E-state index contributed by atoms with van der Waals surface area (Å²) in [5.74, 6) is 1.39. The van der Waals surface area contributed by atoms with Gasteiger partial charge in [-0.15, -0.1) is 0 Å². The van der Waals surface area contributed by atoms with Gasteiger partial charge in [-0.1, -0.05) is 39.1 Å². The van der Waals surface area contributed by atoms with Crippen molar-refractivity contribution in [2.75, 3.05) is 0 Å². The fraction of sp³-hybridized carbons (Fsp3) is 0.462. The first-order chi connectivity index (χ1) is 16.4. The molecule has 0 aliphatic heterocycles. The molecule has 0 bridgehead atoms. The average molecular weight is 650 g/mol. The summed E-state index contributed by atoms with van der Waals surface area (Å²) in [7, 11) is 0. The summed E-state index contributed by atoms with van der Waals surface area (Å²) in [6, 6.07) is 3.63. The Bertz CT molecular complexity index is 1160. The summed E-state index contributed by atoms with van der Waals surface area (Å²) in [6.45, 7) is 8.93. The summed E-state index contributed by atoms with van der Waals surface area (Å²) >= 11 is 0. The van der Waals surface area contributed by atoms with Gasteiger partial charge in [-0.3, -0.25) is 0 Å². The van der Waals surface area contributed by atoms with Crippen LogP contribution < -0.4 is 10.2 Å². The fourth-order valence-electron chi connectivity index (χ4n) is 5.08. The van der Waals surface area contributed by atoms with Crippen molar-refractivity contribution >= 4 is 0 Å². The molecule has 0 aromatic carbocycles. The number of aromatic nitrogens is 8. The molecule has 8 nitrogen and oxygen atoms in total. The molecule has 0 unspecified atom stereocenters. The van der Waals surface area contributed by atoms with E-state index in [1.54, 1.807) is 24.8 Å². The maximum atomic E-state index is 4.36. The molecular formula is C26H30N8Pt. The molecule has 4 heterocycles. The quantitative estimate of drug-likeness (QED) is 0.318. The Morgan fingerprint density at radius 3 is 1.37 bits per heavy atom. The molecule has 0 radical (unpaired) electrons. The Balaban J connectivity index is 0.000000160. The van der Waals surface area contributed by atoms with Crippen LogP contribution in [0.25, 0.3) is 23.0 Å². The maximum Gasteiger partial charge on any atom is 2.00 e. The van der Waals surface area contributed by atoms with E-state index in [1.807, 2.05) is 12.1 Å². The molecule has 0 saturated heterocycles. The van der Waals surface area contributed by atoms with E-state index in [0.29, 0.717) is 11.6 Å². The first-order valence-corrected chi connectivity index (χ1v) is 12.0. The van der Waals surface area contributed by atoms with E-state index >= 15 is 0 Å². The Kier molecular flexibility index (Phi) is 7.32. The second-order valence-corrected chi connectivity index (χ2v) is 10.4. The van der Waals surface area contributed by atoms with Crippen molar-refractivity contribution in [3.63, 3.8) is 0 Å². The SMILES string of the molecule is CC1(C)CCCc2c1n[n-]c2-c1ncccn1.CC1(C)CCCc2c1n[n-]c2-c1ncccn1.[Pt+2]. The fourth-order valence-corrected chi connectivity index (χ4v) is 5.08. The molecular weight excluding hydrogens is 619 g/mol. The van der Waals surface area contributed by atoms with E-state index in [2.05, 4.69) is 68.0 Å². The van der Waals surface area contributed by atoms with Gasteiger partial charge in [-0.05, 0) is 61.8 Å². The summed E-state index contributed by atoms with van der Waals surface area (Å²) in [6.07, 6.45) is 13.8. The van der Waals surface area contributed by atoms with Crippen molar-refractivity contribution < 1.29 is 21.1 Å². The van der Waals surface area contributed by atoms with E-state index in [-0.39, 0.29) is 31.9 Å². The van der Waals surface area contributed by atoms with Crippen molar-refractivity contribution in [2.45, 2.75) is 77.0 Å². The molecule has 4 aromatic heterocycles. The van der Waals surface area contributed by atoms with Gasteiger partial charge in [0.15, 0.2) is 0 Å². The van der Waals surface area contributed by atoms with Crippen LogP contribution in [0.15, 0.2) is 36.9 Å². The molecule has 35 heavy (non-hydrogen) atoms. The van der Waals surface area contributed by atoms with E-state index in [9.17, 15) is 0 Å². The molecule has 0 N–H and O–H groups in total. The van der Waals surface area contributed by atoms with Crippen LogP contribution in [0.2, 0.25) is 0 Å². The zero-order valence-electron chi connectivity index (χ0n) is 20.6. The normalized spacial score (nSPS) is 17.3. The molecule has 6 rings (SSSR count). The largest absolute Gasteiger partial charge is 2.00 e. The minimum Gasteiger partial charge on any atom is -0.572 e. The number of hydrogen-bond acceptors (Lipinski definition) is 6. The molecule has 0 fully saturated rings. The summed E-state index contributed by atoms with van der Waals surface area (Å²) in [5, 5.41) is 17.3. The van der Waals surface area contributed by atoms with Crippen LogP contribution in [0.5, 0.6) is 0 Å². The van der Waals surface area contributed by atoms with Crippen LogP contribution in [0.3, 0.4) is 0 Å². The van der Waals surface area contributed by atoms with E-state index in [1.165, 1.54) is 36.8 Å². The summed E-state index contributed by atoms with van der Waals surface area (Å²) < 4.78 is 0. The van der Waals surface area contributed by atoms with Gasteiger partial charge in [0, 0.05) is 47.0 Å². The molecule has 2 aliphatic rings. The van der Waals surface area contributed by atoms with Crippen LogP contribution in [-0.4, -0.2) is 30.1 Å². The molecule has 184 valence electrons. The predicted molar refractivity (Wildman–Crippen MR) is 129 cm³/mol. The van der Waals surface area contributed by atoms with Crippen LogP contribution in [0.1, 0.15) is 75.9 Å². The Labute approximate surface area is 220 Å². The standard InChI is InChI=1S/2C13H15N4.Pt/c2*1-13(2)6-3-5-9-10(16-17-11(9)13)12-14-7-4-8-15-12;/h2*4,7-8H,3,5-6H2,1-2H3;/q2*-1;+2. The Morgan fingerprint density at radius 2 is 1.00 bits per heavy atom. The van der Waals surface area contributed by atoms with Crippen LogP contribution in [0.4, 0.5) is 0 Å². The summed E-state index contributed by atoms with van der Waals surface area (Å²) in [5.41, 5.74) is 6.75. The van der Waals surface area contributed by atoms with Gasteiger partial charge in [-0.25, -0.2) is 19.9 Å². The smallest absolute Gasteiger partial charge is 0.572 e. The third-order valence-corrected chi connectivity index (χ3v) is 6.94. The zero-order valence-corrected chi connectivity index (χ0v) is 22.9. The minimum absolute atomic E-state index is 0. The van der Waals surface area contributed by atoms with Crippen LogP contribution >= 0.6 is 0 Å². The topological polar surface area (TPSA) is 106 Å².